The van der Waals surface area contributed by atoms with E-state index in [-0.39, 0.29) is 34.8 Å². The van der Waals surface area contributed by atoms with E-state index in [1.807, 2.05) is 0 Å². The molecule has 27 heavy (non-hydrogen) atoms. The summed E-state index contributed by atoms with van der Waals surface area (Å²) in [7, 11) is 0. The molecule has 0 bridgehead atoms. The van der Waals surface area contributed by atoms with Crippen LogP contribution in [0.2, 0.25) is 5.02 Å². The monoisotopic (exact) mass is 394 g/mol. The molecule has 0 amide bonds. The smallest absolute Gasteiger partial charge is 0.280 e. The van der Waals surface area contributed by atoms with Crippen molar-refractivity contribution in [1.82, 2.24) is 19.3 Å². The van der Waals surface area contributed by atoms with E-state index in [0.29, 0.717) is 5.69 Å². The van der Waals surface area contributed by atoms with Gasteiger partial charge in [-0.2, -0.15) is 10.1 Å². The minimum Gasteiger partial charge on any atom is -0.471 e. The number of rotatable bonds is 4. The van der Waals surface area contributed by atoms with Gasteiger partial charge in [0.25, 0.3) is 5.56 Å². The van der Waals surface area contributed by atoms with Gasteiger partial charge in [-0.15, -0.1) is 0 Å². The van der Waals surface area contributed by atoms with Crippen LogP contribution in [0.15, 0.2) is 35.4 Å². The Morgan fingerprint density at radius 3 is 2.70 bits per heavy atom. The van der Waals surface area contributed by atoms with Gasteiger partial charge < -0.3 is 4.74 Å². The van der Waals surface area contributed by atoms with Crippen molar-refractivity contribution in [2.75, 3.05) is 0 Å². The van der Waals surface area contributed by atoms with E-state index in [2.05, 4.69) is 10.1 Å². The lowest BCUT2D eigenvalue weighted by Gasteiger charge is -2.12. The molecular weight excluding hydrogens is 382 g/mol. The van der Waals surface area contributed by atoms with Crippen LogP contribution in [-0.4, -0.2) is 25.2 Å². The zero-order valence-electron chi connectivity index (χ0n) is 14.2. The number of carbonyl (C=O) groups excluding carboxylic acids is 1. The van der Waals surface area contributed by atoms with E-state index in [1.54, 1.807) is 0 Å². The first kappa shape index (κ1) is 18.7. The van der Waals surface area contributed by atoms with Gasteiger partial charge in [0.05, 0.1) is 18.1 Å². The molecule has 0 spiro atoms. The van der Waals surface area contributed by atoms with Gasteiger partial charge in [-0.1, -0.05) is 11.6 Å². The molecule has 10 heteroatoms. The maximum Gasteiger partial charge on any atom is 0.280 e. The van der Waals surface area contributed by atoms with Crippen LogP contribution in [0.3, 0.4) is 0 Å². The quantitative estimate of drug-likeness (QED) is 0.679. The number of ether oxygens (including phenoxy) is 1. The molecule has 0 fully saturated rings. The normalized spacial score (nSPS) is 10.9. The van der Waals surface area contributed by atoms with Crippen molar-refractivity contribution in [2.45, 2.75) is 20.5 Å². The molecule has 0 aliphatic rings. The largest absolute Gasteiger partial charge is 0.471 e. The van der Waals surface area contributed by atoms with Gasteiger partial charge in [0, 0.05) is 18.6 Å². The lowest BCUT2D eigenvalue weighted by molar-refractivity contribution is 0.0921. The van der Waals surface area contributed by atoms with E-state index < -0.39 is 17.2 Å². The molecule has 0 saturated heterocycles. The van der Waals surface area contributed by atoms with Crippen LogP contribution in [0.5, 0.6) is 5.88 Å². The summed E-state index contributed by atoms with van der Waals surface area (Å²) in [6.45, 7) is 2.57. The second kappa shape index (κ2) is 7.28. The number of benzene rings is 1. The zero-order valence-corrected chi connectivity index (χ0v) is 15.0. The van der Waals surface area contributed by atoms with Gasteiger partial charge in [-0.25, -0.2) is 13.5 Å². The first-order chi connectivity index (χ1) is 12.8. The van der Waals surface area contributed by atoms with Gasteiger partial charge in [0.2, 0.25) is 11.8 Å². The second-order valence-electron chi connectivity index (χ2n) is 5.61. The van der Waals surface area contributed by atoms with Crippen molar-refractivity contribution in [1.29, 1.82) is 0 Å². The van der Waals surface area contributed by atoms with Gasteiger partial charge in [-0.3, -0.25) is 14.2 Å². The predicted octanol–water partition coefficient (Wildman–Crippen LogP) is 2.91. The Kier molecular flexibility index (Phi) is 5.04. The number of hydrogen-bond acceptors (Lipinski definition) is 5. The number of halogens is 3. The third kappa shape index (κ3) is 3.72. The standard InChI is InChI=1S/C17H13ClF2N4O3/c1-9-22-16(27-8-11-3-4-12(19)5-14(11)20)15(18)17(26)24(9)13-6-21-23(7-13)10(2)25/h3-7H,8H2,1-2H3. The van der Waals surface area contributed by atoms with Crippen molar-refractivity contribution >= 4 is 17.5 Å². The SMILES string of the molecule is CC(=O)n1cc(-n2c(C)nc(OCc3ccc(F)cc3F)c(Cl)c2=O)cn1. The lowest BCUT2D eigenvalue weighted by Crippen LogP contribution is -2.23. The maximum atomic E-state index is 13.7. The molecule has 0 N–H and O–H groups in total. The highest BCUT2D eigenvalue weighted by Gasteiger charge is 2.17. The Hall–Kier alpha value is -3.07. The second-order valence-corrected chi connectivity index (χ2v) is 5.98. The number of carbonyl (C=O) groups is 1. The highest BCUT2D eigenvalue weighted by molar-refractivity contribution is 6.31. The average Bonchev–Trinajstić information content (AvgIpc) is 3.08. The Morgan fingerprint density at radius 1 is 1.33 bits per heavy atom. The zero-order chi connectivity index (χ0) is 19.7. The van der Waals surface area contributed by atoms with Crippen LogP contribution in [0.25, 0.3) is 5.69 Å². The molecule has 0 aliphatic heterocycles. The number of nitrogens with zero attached hydrogens (tertiary/aromatic N) is 4. The van der Waals surface area contributed by atoms with Gasteiger partial charge in [0.15, 0.2) is 5.02 Å². The van der Waals surface area contributed by atoms with Crippen LogP contribution in [0, 0.1) is 18.6 Å². The van der Waals surface area contributed by atoms with Crippen molar-refractivity contribution in [3.63, 3.8) is 0 Å². The molecule has 140 valence electrons. The fourth-order valence-electron chi connectivity index (χ4n) is 2.37. The Morgan fingerprint density at radius 2 is 2.07 bits per heavy atom. The third-order valence-electron chi connectivity index (χ3n) is 3.69. The van der Waals surface area contributed by atoms with Crippen LogP contribution in [0.1, 0.15) is 23.1 Å². The van der Waals surface area contributed by atoms with Gasteiger partial charge in [-0.05, 0) is 19.1 Å². The lowest BCUT2D eigenvalue weighted by atomic mass is 10.2. The highest BCUT2D eigenvalue weighted by atomic mass is 35.5. The molecule has 7 nitrogen and oxygen atoms in total. The highest BCUT2D eigenvalue weighted by Crippen LogP contribution is 2.21. The van der Waals surface area contributed by atoms with E-state index in [4.69, 9.17) is 16.3 Å². The fraction of sp³-hybridized carbons (Fsp3) is 0.176. The summed E-state index contributed by atoms with van der Waals surface area (Å²) in [5.41, 5.74) is -0.251. The first-order valence-corrected chi connectivity index (χ1v) is 8.07. The summed E-state index contributed by atoms with van der Waals surface area (Å²) >= 11 is 6.05. The third-order valence-corrected chi connectivity index (χ3v) is 4.02. The number of aromatic nitrogens is 4. The van der Waals surface area contributed by atoms with Crippen molar-refractivity contribution in [2.24, 2.45) is 0 Å². The number of aryl methyl sites for hydroxylation is 1. The van der Waals surface area contributed by atoms with Crippen molar-refractivity contribution in [3.05, 3.63) is 69.0 Å². The molecule has 0 aliphatic carbocycles. The van der Waals surface area contributed by atoms with Gasteiger partial charge in [0.1, 0.15) is 24.1 Å². The van der Waals surface area contributed by atoms with E-state index >= 15 is 0 Å². The van der Waals surface area contributed by atoms with Crippen molar-refractivity contribution in [3.8, 4) is 11.6 Å². The molecule has 0 unspecified atom stereocenters. The van der Waals surface area contributed by atoms with E-state index in [0.717, 1.165) is 16.8 Å². The summed E-state index contributed by atoms with van der Waals surface area (Å²) in [5.74, 6) is -1.78. The minimum atomic E-state index is -0.784. The molecule has 0 atom stereocenters. The molecule has 0 radical (unpaired) electrons. The molecule has 2 heterocycles. The van der Waals surface area contributed by atoms with E-state index in [1.165, 1.54) is 36.9 Å². The fourth-order valence-corrected chi connectivity index (χ4v) is 2.55. The summed E-state index contributed by atoms with van der Waals surface area (Å²) in [4.78, 5) is 28.0. The molecule has 0 saturated carbocycles. The maximum absolute atomic E-state index is 13.7. The van der Waals surface area contributed by atoms with Crippen LogP contribution in [-0.2, 0) is 6.61 Å². The van der Waals surface area contributed by atoms with Crippen LogP contribution >= 0.6 is 11.6 Å². The summed E-state index contributed by atoms with van der Waals surface area (Å²) in [6.07, 6.45) is 2.69. The first-order valence-electron chi connectivity index (χ1n) is 7.69. The molecular formula is C17H13ClF2N4O3. The van der Waals surface area contributed by atoms with Gasteiger partial charge >= 0.3 is 0 Å². The molecule has 2 aromatic heterocycles. The Bertz CT molecular complexity index is 1090. The summed E-state index contributed by atoms with van der Waals surface area (Å²) < 4.78 is 34.2. The van der Waals surface area contributed by atoms with Crippen LogP contribution in [0.4, 0.5) is 8.78 Å². The topological polar surface area (TPSA) is 79.0 Å². The molecule has 3 rings (SSSR count). The predicted molar refractivity (Wildman–Crippen MR) is 92.4 cm³/mol. The number of hydrogen-bond donors (Lipinski definition) is 0. The molecule has 3 aromatic rings. The van der Waals surface area contributed by atoms with E-state index in [9.17, 15) is 18.4 Å². The average molecular weight is 395 g/mol. The Balaban J connectivity index is 1.92. The summed E-state index contributed by atoms with van der Waals surface area (Å²) in [6, 6.07) is 3.04. The Labute approximate surface area is 156 Å². The molecule has 1 aromatic carbocycles. The van der Waals surface area contributed by atoms with Crippen molar-refractivity contribution < 1.29 is 18.3 Å². The minimum absolute atomic E-state index is 0.0823. The van der Waals surface area contributed by atoms with Crippen LogP contribution < -0.4 is 10.3 Å². The summed E-state index contributed by atoms with van der Waals surface area (Å²) in [5, 5.41) is 3.53.